The van der Waals surface area contributed by atoms with Crippen molar-refractivity contribution in [1.82, 2.24) is 14.7 Å². The molecule has 2 atom stereocenters. The van der Waals surface area contributed by atoms with Gasteiger partial charge in [0.1, 0.15) is 11.6 Å². The monoisotopic (exact) mass is 543 g/mol. The van der Waals surface area contributed by atoms with E-state index in [2.05, 4.69) is 42.5 Å². The van der Waals surface area contributed by atoms with Crippen molar-refractivity contribution in [1.29, 1.82) is 0 Å². The number of hydrogen-bond donors (Lipinski definition) is 0. The lowest BCUT2D eigenvalue weighted by Crippen LogP contribution is -2.52. The molecule has 1 aliphatic heterocycles. The smallest absolute Gasteiger partial charge is 0.236 e. The Kier molecular flexibility index (Phi) is 9.80. The predicted molar refractivity (Wildman–Crippen MR) is 150 cm³/mol. The first-order valence-corrected chi connectivity index (χ1v) is 13.7. The SMILES string of the molecule is C=C(/C=C(\N=NC)c1c(F)cccc1F)[C@@H]1CC[C@@](C)(CN(CC)C(=O)CN2CCN(C(C)=O)CC2)C1(C)C. The van der Waals surface area contributed by atoms with Crippen LogP contribution < -0.4 is 0 Å². The maximum absolute atomic E-state index is 14.5. The van der Waals surface area contributed by atoms with Crippen LogP contribution in [0.15, 0.2) is 46.7 Å². The zero-order valence-corrected chi connectivity index (χ0v) is 24.3. The molecule has 0 spiro atoms. The van der Waals surface area contributed by atoms with Crippen molar-refractivity contribution in [2.75, 3.05) is 52.9 Å². The highest BCUT2D eigenvalue weighted by Gasteiger charge is 2.52. The van der Waals surface area contributed by atoms with E-state index < -0.39 is 11.6 Å². The second-order valence-electron chi connectivity index (χ2n) is 11.6. The topological polar surface area (TPSA) is 68.6 Å². The molecule has 2 fully saturated rings. The number of allylic oxidation sites excluding steroid dienone is 2. The van der Waals surface area contributed by atoms with Crippen molar-refractivity contribution in [2.45, 2.75) is 47.5 Å². The first-order valence-electron chi connectivity index (χ1n) is 13.7. The fraction of sp³-hybridized carbons (Fsp3) is 0.600. The van der Waals surface area contributed by atoms with E-state index in [4.69, 9.17) is 0 Å². The molecular formula is C30H43F2N5O2. The highest BCUT2D eigenvalue weighted by Crippen LogP contribution is 2.58. The van der Waals surface area contributed by atoms with E-state index in [-0.39, 0.29) is 39.8 Å². The van der Waals surface area contributed by atoms with Gasteiger partial charge in [-0.2, -0.15) is 10.2 Å². The summed E-state index contributed by atoms with van der Waals surface area (Å²) in [4.78, 5) is 30.8. The summed E-state index contributed by atoms with van der Waals surface area (Å²) in [5, 5.41) is 7.82. The Morgan fingerprint density at radius 1 is 1.15 bits per heavy atom. The van der Waals surface area contributed by atoms with Crippen molar-refractivity contribution >= 4 is 17.5 Å². The fourth-order valence-corrected chi connectivity index (χ4v) is 6.09. The van der Waals surface area contributed by atoms with Crippen LogP contribution in [-0.2, 0) is 9.59 Å². The molecular weight excluding hydrogens is 500 g/mol. The zero-order chi connectivity index (χ0) is 29.0. The summed E-state index contributed by atoms with van der Waals surface area (Å²) in [6.07, 6.45) is 3.38. The number of carbonyl (C=O) groups is 2. The third kappa shape index (κ3) is 6.62. The van der Waals surface area contributed by atoms with Crippen molar-refractivity contribution in [3.8, 4) is 0 Å². The summed E-state index contributed by atoms with van der Waals surface area (Å²) in [5.41, 5.74) is 0.200. The van der Waals surface area contributed by atoms with E-state index in [9.17, 15) is 18.4 Å². The molecule has 0 aromatic heterocycles. The molecule has 2 amide bonds. The number of carbonyl (C=O) groups excluding carboxylic acids is 2. The van der Waals surface area contributed by atoms with Gasteiger partial charge in [-0.3, -0.25) is 14.5 Å². The highest BCUT2D eigenvalue weighted by atomic mass is 19.1. The van der Waals surface area contributed by atoms with E-state index in [0.29, 0.717) is 45.8 Å². The standard InChI is InChI=1S/C30H43F2N5O2/c1-8-36(27(39)19-35-14-16-37(17-15-35)22(3)38)20-30(6)13-12-23(29(30,4)5)21(2)18-26(34-33-7)28-24(31)10-9-11-25(28)32/h9-11,18,23H,2,8,12-17,19-20H2,1,3-7H3/b26-18-,34-33?/t23-,30-/m0/s1. The van der Waals surface area contributed by atoms with Crippen LogP contribution in [0.2, 0.25) is 0 Å². The van der Waals surface area contributed by atoms with Crippen LogP contribution in [0.4, 0.5) is 8.78 Å². The molecule has 1 aliphatic carbocycles. The molecule has 9 heteroatoms. The lowest BCUT2D eigenvalue weighted by Gasteiger charge is -2.45. The van der Waals surface area contributed by atoms with Crippen LogP contribution in [0.5, 0.6) is 0 Å². The molecule has 1 saturated carbocycles. The molecule has 1 aromatic carbocycles. The molecule has 1 heterocycles. The number of likely N-dealkylation sites (N-methyl/N-ethyl adjacent to an activating group) is 1. The number of nitrogens with zero attached hydrogens (tertiary/aromatic N) is 5. The quantitative estimate of drug-likeness (QED) is 0.309. The first kappa shape index (κ1) is 30.6. The maximum atomic E-state index is 14.5. The average Bonchev–Trinajstić information content (AvgIpc) is 3.11. The van der Waals surface area contributed by atoms with Gasteiger partial charge < -0.3 is 9.80 Å². The van der Waals surface area contributed by atoms with Crippen LogP contribution in [0, 0.1) is 28.4 Å². The largest absolute Gasteiger partial charge is 0.341 e. The lowest BCUT2D eigenvalue weighted by atomic mass is 9.64. The van der Waals surface area contributed by atoms with Crippen LogP contribution >= 0.6 is 0 Å². The van der Waals surface area contributed by atoms with Gasteiger partial charge in [0.15, 0.2) is 0 Å². The second kappa shape index (κ2) is 12.5. The molecule has 0 N–H and O–H groups in total. The summed E-state index contributed by atoms with van der Waals surface area (Å²) in [7, 11) is 1.46. The molecule has 0 unspecified atom stereocenters. The summed E-state index contributed by atoms with van der Waals surface area (Å²) < 4.78 is 29.1. The Bertz CT molecular complexity index is 1120. The number of benzene rings is 1. The van der Waals surface area contributed by atoms with Crippen molar-refractivity contribution < 1.29 is 18.4 Å². The molecule has 0 radical (unpaired) electrons. The third-order valence-electron chi connectivity index (χ3n) is 9.06. The van der Waals surface area contributed by atoms with Gasteiger partial charge in [0, 0.05) is 53.2 Å². The number of hydrogen-bond acceptors (Lipinski definition) is 5. The van der Waals surface area contributed by atoms with Gasteiger partial charge in [-0.15, -0.1) is 0 Å². The normalized spacial score (nSPS) is 23.8. The van der Waals surface area contributed by atoms with E-state index >= 15 is 0 Å². The van der Waals surface area contributed by atoms with Gasteiger partial charge in [-0.1, -0.05) is 33.4 Å². The fourth-order valence-electron chi connectivity index (χ4n) is 6.09. The minimum atomic E-state index is -0.697. The van der Waals surface area contributed by atoms with Gasteiger partial charge in [-0.25, -0.2) is 8.78 Å². The molecule has 1 saturated heterocycles. The van der Waals surface area contributed by atoms with Crippen LogP contribution in [0.25, 0.3) is 5.70 Å². The second-order valence-corrected chi connectivity index (χ2v) is 11.6. The molecule has 3 rings (SSSR count). The lowest BCUT2D eigenvalue weighted by molar-refractivity contribution is -0.136. The number of piperazine rings is 1. The summed E-state index contributed by atoms with van der Waals surface area (Å²) >= 11 is 0. The Morgan fingerprint density at radius 3 is 2.31 bits per heavy atom. The van der Waals surface area contributed by atoms with E-state index in [1.54, 1.807) is 13.0 Å². The predicted octanol–water partition coefficient (Wildman–Crippen LogP) is 5.40. The van der Waals surface area contributed by atoms with Gasteiger partial charge in [0.25, 0.3) is 0 Å². The number of rotatable bonds is 9. The minimum Gasteiger partial charge on any atom is -0.341 e. The maximum Gasteiger partial charge on any atom is 0.236 e. The third-order valence-corrected chi connectivity index (χ3v) is 9.06. The molecule has 1 aromatic rings. The Morgan fingerprint density at radius 2 is 1.77 bits per heavy atom. The van der Waals surface area contributed by atoms with Crippen molar-refractivity contribution in [2.24, 2.45) is 27.0 Å². The summed E-state index contributed by atoms with van der Waals surface area (Å²) in [6.45, 7) is 18.7. The summed E-state index contributed by atoms with van der Waals surface area (Å²) in [5.74, 6) is -1.20. The molecule has 2 aliphatic rings. The molecule has 39 heavy (non-hydrogen) atoms. The van der Waals surface area contributed by atoms with Crippen LogP contribution in [0.3, 0.4) is 0 Å². The van der Waals surface area contributed by atoms with Crippen LogP contribution in [-0.4, -0.2) is 79.4 Å². The number of azo groups is 1. The van der Waals surface area contributed by atoms with Gasteiger partial charge in [0.2, 0.25) is 11.8 Å². The Hall–Kier alpha value is -2.94. The van der Waals surface area contributed by atoms with Gasteiger partial charge >= 0.3 is 0 Å². The van der Waals surface area contributed by atoms with E-state index in [0.717, 1.165) is 18.4 Å². The van der Waals surface area contributed by atoms with Crippen molar-refractivity contribution in [3.63, 3.8) is 0 Å². The van der Waals surface area contributed by atoms with Gasteiger partial charge in [-0.05, 0) is 60.3 Å². The molecule has 214 valence electrons. The number of halogens is 2. The Balaban J connectivity index is 1.74. The van der Waals surface area contributed by atoms with E-state index in [1.165, 1.54) is 25.2 Å². The van der Waals surface area contributed by atoms with Crippen molar-refractivity contribution in [3.05, 3.63) is 53.6 Å². The van der Waals surface area contributed by atoms with E-state index in [1.807, 2.05) is 16.7 Å². The number of amides is 2. The average molecular weight is 544 g/mol. The summed E-state index contributed by atoms with van der Waals surface area (Å²) in [6, 6.07) is 3.73. The zero-order valence-electron chi connectivity index (χ0n) is 24.3. The molecule has 7 nitrogen and oxygen atoms in total. The first-order chi connectivity index (χ1) is 18.3. The van der Waals surface area contributed by atoms with Gasteiger partial charge in [0.05, 0.1) is 17.8 Å². The minimum absolute atomic E-state index is 0.0351. The Labute approximate surface area is 231 Å². The highest BCUT2D eigenvalue weighted by molar-refractivity contribution is 5.78. The molecule has 0 bridgehead atoms. The van der Waals surface area contributed by atoms with Crippen LogP contribution in [0.1, 0.15) is 53.0 Å².